The van der Waals surface area contributed by atoms with Gasteiger partial charge >= 0.3 is 5.97 Å². The SMILES string of the molecule is CC1(C)CCc2sc(-c3ccccc3-c3ccc(CNN)cc3)c(C(=O)O)c2C1. The number of aromatic carboxylic acids is 1. The molecular formula is C24H26N2O2S. The van der Waals surface area contributed by atoms with Gasteiger partial charge in [0.2, 0.25) is 0 Å². The summed E-state index contributed by atoms with van der Waals surface area (Å²) in [7, 11) is 0. The molecular weight excluding hydrogens is 380 g/mol. The first-order chi connectivity index (χ1) is 13.9. The minimum atomic E-state index is -0.825. The fraction of sp³-hybridized carbons (Fsp3) is 0.292. The third-order valence-electron chi connectivity index (χ3n) is 5.73. The van der Waals surface area contributed by atoms with Gasteiger partial charge in [0, 0.05) is 21.9 Å². The lowest BCUT2D eigenvalue weighted by Crippen LogP contribution is -2.22. The van der Waals surface area contributed by atoms with Gasteiger partial charge in [-0.05, 0) is 46.9 Å². The molecule has 3 aromatic rings. The maximum atomic E-state index is 12.3. The zero-order valence-corrected chi connectivity index (χ0v) is 17.6. The number of fused-ring (bicyclic) bond motifs is 1. The maximum absolute atomic E-state index is 12.3. The number of hydrogen-bond donors (Lipinski definition) is 3. The molecule has 150 valence electrons. The predicted octanol–water partition coefficient (Wildman–Crippen LogP) is 5.26. The molecule has 0 fully saturated rings. The number of thiophene rings is 1. The van der Waals surface area contributed by atoms with Gasteiger partial charge in [0.15, 0.2) is 0 Å². The summed E-state index contributed by atoms with van der Waals surface area (Å²) in [5, 5.41) is 10.1. The highest BCUT2D eigenvalue weighted by Gasteiger charge is 2.33. The Morgan fingerprint density at radius 1 is 1.14 bits per heavy atom. The van der Waals surface area contributed by atoms with E-state index in [-0.39, 0.29) is 5.41 Å². The minimum absolute atomic E-state index is 0.141. The highest BCUT2D eigenvalue weighted by atomic mass is 32.1. The molecule has 1 aliphatic carbocycles. The van der Waals surface area contributed by atoms with E-state index in [2.05, 4.69) is 37.5 Å². The lowest BCUT2D eigenvalue weighted by atomic mass is 9.75. The monoisotopic (exact) mass is 406 g/mol. The Morgan fingerprint density at radius 2 is 1.83 bits per heavy atom. The number of benzene rings is 2. The first-order valence-corrected chi connectivity index (χ1v) is 10.7. The van der Waals surface area contributed by atoms with E-state index in [4.69, 9.17) is 5.84 Å². The molecule has 0 unspecified atom stereocenters. The van der Waals surface area contributed by atoms with Crippen LogP contribution >= 0.6 is 11.3 Å². The van der Waals surface area contributed by atoms with Crippen molar-refractivity contribution >= 4 is 17.3 Å². The summed E-state index contributed by atoms with van der Waals surface area (Å²) in [6.45, 7) is 5.06. The average Bonchev–Trinajstić information content (AvgIpc) is 3.06. The Hall–Kier alpha value is -2.47. The van der Waals surface area contributed by atoms with Gasteiger partial charge in [-0.3, -0.25) is 11.3 Å². The number of carboxylic acids is 1. The van der Waals surface area contributed by atoms with Crippen LogP contribution in [0.2, 0.25) is 0 Å². The van der Waals surface area contributed by atoms with Crippen LogP contribution in [0.25, 0.3) is 21.6 Å². The summed E-state index contributed by atoms with van der Waals surface area (Å²) >= 11 is 1.66. The second-order valence-corrected chi connectivity index (χ2v) is 9.58. The molecule has 5 heteroatoms. The van der Waals surface area contributed by atoms with E-state index >= 15 is 0 Å². The van der Waals surface area contributed by atoms with E-state index in [0.29, 0.717) is 12.1 Å². The van der Waals surface area contributed by atoms with Gasteiger partial charge in [0.25, 0.3) is 0 Å². The fourth-order valence-electron chi connectivity index (χ4n) is 4.19. The van der Waals surface area contributed by atoms with Gasteiger partial charge < -0.3 is 5.11 Å². The van der Waals surface area contributed by atoms with Crippen LogP contribution in [0.5, 0.6) is 0 Å². The van der Waals surface area contributed by atoms with Crippen molar-refractivity contribution in [3.8, 4) is 21.6 Å². The normalized spacial score (nSPS) is 15.1. The summed E-state index contributed by atoms with van der Waals surface area (Å²) in [5.74, 6) is 4.59. The fourth-order valence-corrected chi connectivity index (χ4v) is 5.54. The van der Waals surface area contributed by atoms with Crippen LogP contribution in [-0.2, 0) is 19.4 Å². The van der Waals surface area contributed by atoms with Gasteiger partial charge in [-0.15, -0.1) is 11.3 Å². The molecule has 0 bridgehead atoms. The second kappa shape index (κ2) is 7.75. The third kappa shape index (κ3) is 3.86. The quantitative estimate of drug-likeness (QED) is 0.399. The van der Waals surface area contributed by atoms with Crippen molar-refractivity contribution in [3.63, 3.8) is 0 Å². The van der Waals surface area contributed by atoms with Crippen molar-refractivity contribution in [1.82, 2.24) is 5.43 Å². The van der Waals surface area contributed by atoms with Crippen molar-refractivity contribution < 1.29 is 9.90 Å². The Labute approximate surface area is 175 Å². The number of nitrogens with two attached hydrogens (primary N) is 1. The third-order valence-corrected chi connectivity index (χ3v) is 7.06. The number of nitrogens with one attached hydrogen (secondary N) is 1. The van der Waals surface area contributed by atoms with Crippen LogP contribution in [0.15, 0.2) is 48.5 Å². The van der Waals surface area contributed by atoms with E-state index in [1.807, 2.05) is 30.3 Å². The highest BCUT2D eigenvalue weighted by Crippen LogP contribution is 2.47. The molecule has 0 saturated heterocycles. The number of hydrogen-bond acceptors (Lipinski definition) is 4. The van der Waals surface area contributed by atoms with Crippen LogP contribution in [0, 0.1) is 5.41 Å². The van der Waals surface area contributed by atoms with Crippen LogP contribution < -0.4 is 11.3 Å². The van der Waals surface area contributed by atoms with E-state index in [1.165, 1.54) is 4.88 Å². The number of rotatable bonds is 5. The molecule has 0 radical (unpaired) electrons. The molecule has 1 aromatic heterocycles. The summed E-state index contributed by atoms with van der Waals surface area (Å²) in [5.41, 5.74) is 8.57. The summed E-state index contributed by atoms with van der Waals surface area (Å²) in [6, 6.07) is 16.3. The van der Waals surface area contributed by atoms with Gasteiger partial charge in [0.05, 0.1) is 5.56 Å². The number of carbonyl (C=O) groups is 1. The highest BCUT2D eigenvalue weighted by molar-refractivity contribution is 7.16. The standard InChI is InChI=1S/C24H26N2O2S/c1-24(2)12-11-20-19(13-24)21(23(27)28)22(29-20)18-6-4-3-5-17(18)16-9-7-15(8-10-16)14-26-25/h3-10,26H,11-14,25H2,1-2H3,(H,27,28). The molecule has 0 atom stereocenters. The predicted molar refractivity (Wildman–Crippen MR) is 119 cm³/mol. The smallest absolute Gasteiger partial charge is 0.337 e. The topological polar surface area (TPSA) is 75.3 Å². The molecule has 4 N–H and O–H groups in total. The molecule has 1 heterocycles. The number of carboxylic acid groups (broad SMARTS) is 1. The van der Waals surface area contributed by atoms with Gasteiger partial charge in [0.1, 0.15) is 0 Å². The lowest BCUT2D eigenvalue weighted by molar-refractivity contribution is 0.0696. The van der Waals surface area contributed by atoms with Gasteiger partial charge in [-0.25, -0.2) is 4.79 Å². The minimum Gasteiger partial charge on any atom is -0.478 e. The molecule has 29 heavy (non-hydrogen) atoms. The van der Waals surface area contributed by atoms with Crippen molar-refractivity contribution in [2.24, 2.45) is 11.3 Å². The first-order valence-electron chi connectivity index (χ1n) is 9.89. The van der Waals surface area contributed by atoms with E-state index < -0.39 is 5.97 Å². The van der Waals surface area contributed by atoms with Crippen molar-refractivity contribution in [2.75, 3.05) is 0 Å². The van der Waals surface area contributed by atoms with Crippen molar-refractivity contribution in [3.05, 3.63) is 70.1 Å². The van der Waals surface area contributed by atoms with Crippen LogP contribution in [-0.4, -0.2) is 11.1 Å². The lowest BCUT2D eigenvalue weighted by Gasteiger charge is -2.29. The van der Waals surface area contributed by atoms with Gasteiger partial charge in [-0.2, -0.15) is 0 Å². The molecule has 1 aliphatic rings. The van der Waals surface area contributed by atoms with E-state index in [9.17, 15) is 9.90 Å². The summed E-state index contributed by atoms with van der Waals surface area (Å²) in [4.78, 5) is 14.4. The average molecular weight is 407 g/mol. The largest absolute Gasteiger partial charge is 0.478 e. The number of hydrazine groups is 1. The molecule has 4 nitrogen and oxygen atoms in total. The molecule has 4 rings (SSSR count). The Balaban J connectivity index is 1.85. The molecule has 0 saturated carbocycles. The van der Waals surface area contributed by atoms with Gasteiger partial charge in [-0.1, -0.05) is 62.4 Å². The summed E-state index contributed by atoms with van der Waals surface area (Å²) in [6.07, 6.45) is 2.87. The molecule has 0 spiro atoms. The molecule has 0 amide bonds. The summed E-state index contributed by atoms with van der Waals surface area (Å²) < 4.78 is 0. The van der Waals surface area contributed by atoms with E-state index in [1.54, 1.807) is 11.3 Å². The Bertz CT molecular complexity index is 1050. The Morgan fingerprint density at radius 3 is 2.48 bits per heavy atom. The van der Waals surface area contributed by atoms with Crippen molar-refractivity contribution in [2.45, 2.75) is 39.7 Å². The maximum Gasteiger partial charge on any atom is 0.337 e. The number of aryl methyl sites for hydroxylation is 1. The zero-order chi connectivity index (χ0) is 20.6. The van der Waals surface area contributed by atoms with Crippen LogP contribution in [0.4, 0.5) is 0 Å². The molecule has 2 aromatic carbocycles. The van der Waals surface area contributed by atoms with E-state index in [0.717, 1.165) is 52.0 Å². The Kier molecular flexibility index (Phi) is 5.30. The zero-order valence-electron chi connectivity index (χ0n) is 16.8. The molecule has 0 aliphatic heterocycles. The van der Waals surface area contributed by atoms with Crippen LogP contribution in [0.1, 0.15) is 46.6 Å². The van der Waals surface area contributed by atoms with Crippen molar-refractivity contribution in [1.29, 1.82) is 0 Å². The second-order valence-electron chi connectivity index (χ2n) is 8.48. The first kappa shape index (κ1) is 19.8. The van der Waals surface area contributed by atoms with Crippen LogP contribution in [0.3, 0.4) is 0 Å².